The zero-order valence-corrected chi connectivity index (χ0v) is 15.4. The maximum Gasteiger partial charge on any atom is 0.245 e. The Kier molecular flexibility index (Phi) is 4.97. The highest BCUT2D eigenvalue weighted by Crippen LogP contribution is 2.39. The first-order valence-electron chi connectivity index (χ1n) is 8.26. The fourth-order valence-electron chi connectivity index (χ4n) is 3.75. The number of carbonyl (C=O) groups is 3. The maximum atomic E-state index is 12.7. The van der Waals surface area contributed by atoms with Crippen molar-refractivity contribution in [3.05, 3.63) is 21.3 Å². The lowest BCUT2D eigenvalue weighted by molar-refractivity contribution is -0.150. The molecule has 0 spiro atoms. The van der Waals surface area contributed by atoms with Gasteiger partial charge in [-0.1, -0.05) is 24.4 Å². The standard InChI is InChI=1S/C17H21ClN2O3S/c1-10(15(21)19(2)9-11-7-8-14(18)24-11)20-16(22)12-5-3-4-6-13(12)17(20)23/h7-8,10,12-13H,3-6,9H2,1-2H3. The molecular weight excluding hydrogens is 348 g/mol. The summed E-state index contributed by atoms with van der Waals surface area (Å²) >= 11 is 7.33. The van der Waals surface area contributed by atoms with Crippen molar-refractivity contribution in [2.24, 2.45) is 11.8 Å². The quantitative estimate of drug-likeness (QED) is 0.768. The van der Waals surface area contributed by atoms with E-state index in [-0.39, 0.29) is 29.6 Å². The molecule has 5 nitrogen and oxygen atoms in total. The molecule has 1 aromatic rings. The number of likely N-dealkylation sites (tertiary alicyclic amines) is 1. The Morgan fingerprint density at radius 2 is 1.88 bits per heavy atom. The van der Waals surface area contributed by atoms with Gasteiger partial charge in [0, 0.05) is 11.9 Å². The molecule has 1 aliphatic carbocycles. The fourth-order valence-corrected chi connectivity index (χ4v) is 4.89. The van der Waals surface area contributed by atoms with Crippen LogP contribution in [0.1, 0.15) is 37.5 Å². The molecule has 24 heavy (non-hydrogen) atoms. The number of amides is 3. The summed E-state index contributed by atoms with van der Waals surface area (Å²) in [5.74, 6) is -0.998. The van der Waals surface area contributed by atoms with Crippen LogP contribution < -0.4 is 0 Å². The van der Waals surface area contributed by atoms with Crippen LogP contribution in [0.15, 0.2) is 12.1 Å². The minimum absolute atomic E-state index is 0.168. The van der Waals surface area contributed by atoms with Gasteiger partial charge in [0.1, 0.15) is 6.04 Å². The van der Waals surface area contributed by atoms with Crippen molar-refractivity contribution >= 4 is 40.7 Å². The molecule has 2 aliphatic rings. The van der Waals surface area contributed by atoms with Gasteiger partial charge in [-0.25, -0.2) is 0 Å². The van der Waals surface area contributed by atoms with Gasteiger partial charge in [0.15, 0.2) is 0 Å². The second-order valence-corrected chi connectivity index (χ2v) is 8.42. The topological polar surface area (TPSA) is 57.7 Å². The maximum absolute atomic E-state index is 12.7. The van der Waals surface area contributed by atoms with Crippen LogP contribution >= 0.6 is 22.9 Å². The molecule has 1 saturated heterocycles. The number of imide groups is 1. The monoisotopic (exact) mass is 368 g/mol. The predicted octanol–water partition coefficient (Wildman–Crippen LogP) is 2.92. The van der Waals surface area contributed by atoms with Crippen molar-refractivity contribution in [2.45, 2.75) is 45.2 Å². The highest BCUT2D eigenvalue weighted by Gasteiger charge is 2.51. The van der Waals surface area contributed by atoms with Crippen molar-refractivity contribution in [1.29, 1.82) is 0 Å². The van der Waals surface area contributed by atoms with Gasteiger partial charge in [-0.15, -0.1) is 11.3 Å². The lowest BCUT2D eigenvalue weighted by Gasteiger charge is -2.27. The normalized spacial score (nSPS) is 24.9. The third-order valence-electron chi connectivity index (χ3n) is 5.02. The zero-order valence-electron chi connectivity index (χ0n) is 13.8. The van der Waals surface area contributed by atoms with Gasteiger partial charge in [-0.2, -0.15) is 0 Å². The molecule has 2 fully saturated rings. The van der Waals surface area contributed by atoms with Gasteiger partial charge in [-0.05, 0) is 31.9 Å². The van der Waals surface area contributed by atoms with Crippen LogP contribution in [0.25, 0.3) is 0 Å². The van der Waals surface area contributed by atoms with Gasteiger partial charge >= 0.3 is 0 Å². The van der Waals surface area contributed by atoms with Gasteiger partial charge in [0.25, 0.3) is 0 Å². The highest BCUT2D eigenvalue weighted by atomic mass is 35.5. The molecule has 0 N–H and O–H groups in total. The number of thiophene rings is 1. The summed E-state index contributed by atoms with van der Waals surface area (Å²) in [7, 11) is 1.69. The number of nitrogens with zero attached hydrogens (tertiary/aromatic N) is 2. The molecule has 3 atom stereocenters. The summed E-state index contributed by atoms with van der Waals surface area (Å²) in [4.78, 5) is 41.6. The van der Waals surface area contributed by atoms with Crippen LogP contribution in [0.5, 0.6) is 0 Å². The largest absolute Gasteiger partial charge is 0.339 e. The van der Waals surface area contributed by atoms with Crippen LogP contribution in [-0.2, 0) is 20.9 Å². The molecule has 1 aliphatic heterocycles. The van der Waals surface area contributed by atoms with Crippen molar-refractivity contribution in [2.75, 3.05) is 7.05 Å². The first kappa shape index (κ1) is 17.4. The van der Waals surface area contributed by atoms with E-state index in [9.17, 15) is 14.4 Å². The van der Waals surface area contributed by atoms with E-state index in [1.165, 1.54) is 16.2 Å². The third kappa shape index (κ3) is 3.09. The van der Waals surface area contributed by atoms with E-state index in [1.807, 2.05) is 6.07 Å². The fraction of sp³-hybridized carbons (Fsp3) is 0.588. The smallest absolute Gasteiger partial charge is 0.245 e. The molecule has 1 aromatic heterocycles. The van der Waals surface area contributed by atoms with Gasteiger partial charge in [0.05, 0.1) is 22.7 Å². The van der Waals surface area contributed by atoms with Gasteiger partial charge in [-0.3, -0.25) is 19.3 Å². The molecule has 3 unspecified atom stereocenters. The summed E-state index contributed by atoms with van der Waals surface area (Å²) in [5, 5.41) is 0. The van der Waals surface area contributed by atoms with Crippen LogP contribution in [0.2, 0.25) is 4.34 Å². The van der Waals surface area contributed by atoms with Gasteiger partial charge in [0.2, 0.25) is 17.7 Å². The van der Waals surface area contributed by atoms with Crippen molar-refractivity contribution < 1.29 is 14.4 Å². The third-order valence-corrected chi connectivity index (χ3v) is 6.23. The number of hydrogen-bond donors (Lipinski definition) is 0. The predicted molar refractivity (Wildman–Crippen MR) is 92.6 cm³/mol. The summed E-state index contributed by atoms with van der Waals surface area (Å²) in [6.07, 6.45) is 3.48. The van der Waals surface area contributed by atoms with Crippen molar-refractivity contribution in [3.63, 3.8) is 0 Å². The number of rotatable bonds is 4. The molecule has 0 radical (unpaired) electrons. The zero-order chi connectivity index (χ0) is 17.4. The summed E-state index contributed by atoms with van der Waals surface area (Å²) in [6.45, 7) is 2.07. The first-order chi connectivity index (χ1) is 11.4. The molecule has 3 rings (SSSR count). The number of likely N-dealkylation sites (N-methyl/N-ethyl adjacent to an activating group) is 1. The molecule has 2 heterocycles. The van der Waals surface area contributed by atoms with Crippen molar-refractivity contribution in [3.8, 4) is 0 Å². The Morgan fingerprint density at radius 1 is 1.29 bits per heavy atom. The van der Waals surface area contributed by atoms with E-state index in [0.717, 1.165) is 30.6 Å². The Balaban J connectivity index is 1.70. The Hall–Kier alpha value is -1.40. The molecule has 7 heteroatoms. The molecule has 1 saturated carbocycles. The molecule has 3 amide bonds. The molecule has 130 valence electrons. The average Bonchev–Trinajstić information content (AvgIpc) is 3.08. The van der Waals surface area contributed by atoms with E-state index in [2.05, 4.69) is 0 Å². The Morgan fingerprint density at radius 3 is 2.38 bits per heavy atom. The lowest BCUT2D eigenvalue weighted by Crippen LogP contribution is -2.48. The summed E-state index contributed by atoms with van der Waals surface area (Å²) < 4.78 is 0.674. The first-order valence-corrected chi connectivity index (χ1v) is 9.45. The van der Waals surface area contributed by atoms with Crippen LogP contribution in [0.4, 0.5) is 0 Å². The number of carbonyl (C=O) groups excluding carboxylic acids is 3. The molecule has 0 bridgehead atoms. The van der Waals surface area contributed by atoms with Crippen LogP contribution in [-0.4, -0.2) is 40.6 Å². The van der Waals surface area contributed by atoms with E-state index >= 15 is 0 Å². The number of hydrogen-bond acceptors (Lipinski definition) is 4. The minimum atomic E-state index is -0.754. The minimum Gasteiger partial charge on any atom is -0.339 e. The summed E-state index contributed by atoms with van der Waals surface area (Å²) in [6, 6.07) is 2.92. The van der Waals surface area contributed by atoms with E-state index in [4.69, 9.17) is 11.6 Å². The molecule has 0 aromatic carbocycles. The average molecular weight is 369 g/mol. The molecular formula is C17H21ClN2O3S. The SMILES string of the molecule is CC(C(=O)N(C)Cc1ccc(Cl)s1)N1C(=O)C2CCCCC2C1=O. The van der Waals surface area contributed by atoms with Crippen molar-refractivity contribution in [1.82, 2.24) is 9.80 Å². The summed E-state index contributed by atoms with van der Waals surface area (Å²) in [5.41, 5.74) is 0. The van der Waals surface area contributed by atoms with E-state index < -0.39 is 6.04 Å². The Labute approximate surface area is 150 Å². The van der Waals surface area contributed by atoms with Crippen LogP contribution in [0.3, 0.4) is 0 Å². The highest BCUT2D eigenvalue weighted by molar-refractivity contribution is 7.16. The number of fused-ring (bicyclic) bond motifs is 1. The second-order valence-electron chi connectivity index (χ2n) is 6.62. The van der Waals surface area contributed by atoms with E-state index in [1.54, 1.807) is 24.9 Å². The Bertz CT molecular complexity index is 651. The number of halogens is 1. The second kappa shape index (κ2) is 6.84. The van der Waals surface area contributed by atoms with Crippen LogP contribution in [0, 0.1) is 11.8 Å². The van der Waals surface area contributed by atoms with Gasteiger partial charge < -0.3 is 4.90 Å². The van der Waals surface area contributed by atoms with E-state index in [0.29, 0.717) is 10.9 Å². The lowest BCUT2D eigenvalue weighted by atomic mass is 9.81.